The van der Waals surface area contributed by atoms with Gasteiger partial charge < -0.3 is 15.8 Å². The molecule has 0 saturated carbocycles. The molecule has 0 spiro atoms. The normalized spacial score (nSPS) is 10.2. The molecule has 4 nitrogen and oxygen atoms in total. The molecular weight excluding hydrogens is 271 g/mol. The molecule has 0 radical (unpaired) electrons. The summed E-state index contributed by atoms with van der Waals surface area (Å²) in [5.41, 5.74) is 6.25. The Kier molecular flexibility index (Phi) is 5.29. The lowest BCUT2D eigenvalue weighted by molar-refractivity contribution is -0.116. The van der Waals surface area contributed by atoms with Crippen molar-refractivity contribution in [1.29, 1.82) is 0 Å². The van der Waals surface area contributed by atoms with Crippen LogP contribution < -0.4 is 15.8 Å². The molecule has 2 rings (SSSR count). The lowest BCUT2D eigenvalue weighted by Gasteiger charge is -2.08. The fourth-order valence-electron chi connectivity index (χ4n) is 1.78. The van der Waals surface area contributed by atoms with Crippen LogP contribution in [0.25, 0.3) is 0 Å². The van der Waals surface area contributed by atoms with Crippen molar-refractivity contribution < 1.29 is 13.9 Å². The SMILES string of the molecule is NCc1ccc(NC(=O)CCOc2ccccc2)c(F)c1. The minimum Gasteiger partial charge on any atom is -0.493 e. The van der Waals surface area contributed by atoms with Gasteiger partial charge in [-0.1, -0.05) is 24.3 Å². The molecule has 0 aliphatic heterocycles. The Bertz CT molecular complexity index is 602. The summed E-state index contributed by atoms with van der Waals surface area (Å²) >= 11 is 0. The van der Waals surface area contributed by atoms with Gasteiger partial charge >= 0.3 is 0 Å². The van der Waals surface area contributed by atoms with Gasteiger partial charge in [-0.3, -0.25) is 4.79 Å². The van der Waals surface area contributed by atoms with Crippen molar-refractivity contribution in [2.75, 3.05) is 11.9 Å². The van der Waals surface area contributed by atoms with E-state index in [1.807, 2.05) is 30.3 Å². The van der Waals surface area contributed by atoms with E-state index in [2.05, 4.69) is 5.32 Å². The highest BCUT2D eigenvalue weighted by Gasteiger charge is 2.07. The second kappa shape index (κ2) is 7.40. The first-order valence-corrected chi connectivity index (χ1v) is 6.65. The van der Waals surface area contributed by atoms with Crippen molar-refractivity contribution in [3.63, 3.8) is 0 Å². The Morgan fingerprint density at radius 1 is 1.19 bits per heavy atom. The van der Waals surface area contributed by atoms with E-state index in [-0.39, 0.29) is 31.2 Å². The lowest BCUT2D eigenvalue weighted by atomic mass is 10.2. The van der Waals surface area contributed by atoms with Gasteiger partial charge in [0.25, 0.3) is 0 Å². The van der Waals surface area contributed by atoms with Gasteiger partial charge in [-0.05, 0) is 29.8 Å². The third kappa shape index (κ3) is 4.57. The highest BCUT2D eigenvalue weighted by Crippen LogP contribution is 2.16. The van der Waals surface area contributed by atoms with Gasteiger partial charge in [-0.25, -0.2) is 4.39 Å². The Morgan fingerprint density at radius 3 is 2.62 bits per heavy atom. The highest BCUT2D eigenvalue weighted by molar-refractivity contribution is 5.90. The van der Waals surface area contributed by atoms with Crippen molar-refractivity contribution in [3.8, 4) is 5.75 Å². The van der Waals surface area contributed by atoms with E-state index in [0.29, 0.717) is 11.3 Å². The Balaban J connectivity index is 1.82. The van der Waals surface area contributed by atoms with Crippen molar-refractivity contribution in [3.05, 3.63) is 59.9 Å². The van der Waals surface area contributed by atoms with Crippen molar-refractivity contribution in [2.45, 2.75) is 13.0 Å². The van der Waals surface area contributed by atoms with Crippen LogP contribution in [0.5, 0.6) is 5.75 Å². The van der Waals surface area contributed by atoms with E-state index < -0.39 is 5.82 Å². The predicted octanol–water partition coefficient (Wildman–Crippen LogP) is 2.69. The standard InChI is InChI=1S/C16H17FN2O2/c17-14-10-12(11-18)6-7-15(14)19-16(20)8-9-21-13-4-2-1-3-5-13/h1-7,10H,8-9,11,18H2,(H,19,20). The van der Waals surface area contributed by atoms with Gasteiger partial charge in [-0.15, -0.1) is 0 Å². The molecule has 0 heterocycles. The van der Waals surface area contributed by atoms with Crippen LogP contribution in [-0.2, 0) is 11.3 Å². The molecule has 0 aromatic heterocycles. The fraction of sp³-hybridized carbons (Fsp3) is 0.188. The topological polar surface area (TPSA) is 64.3 Å². The van der Waals surface area contributed by atoms with Crippen LogP contribution in [0.2, 0.25) is 0 Å². The maximum Gasteiger partial charge on any atom is 0.227 e. The number of carbonyl (C=O) groups excluding carboxylic acids is 1. The average Bonchev–Trinajstić information content (AvgIpc) is 2.50. The highest BCUT2D eigenvalue weighted by atomic mass is 19.1. The zero-order valence-electron chi connectivity index (χ0n) is 11.5. The summed E-state index contributed by atoms with van der Waals surface area (Å²) in [5, 5.41) is 2.51. The molecule has 21 heavy (non-hydrogen) atoms. The molecule has 0 saturated heterocycles. The molecule has 0 fully saturated rings. The van der Waals surface area contributed by atoms with Crippen LogP contribution in [0.3, 0.4) is 0 Å². The van der Waals surface area contributed by atoms with Crippen molar-refractivity contribution >= 4 is 11.6 Å². The lowest BCUT2D eigenvalue weighted by Crippen LogP contribution is -2.16. The second-order valence-corrected chi connectivity index (χ2v) is 4.48. The van der Waals surface area contributed by atoms with Crippen molar-refractivity contribution in [1.82, 2.24) is 0 Å². The number of hydrogen-bond donors (Lipinski definition) is 2. The first-order valence-electron chi connectivity index (χ1n) is 6.65. The van der Waals surface area contributed by atoms with E-state index in [1.54, 1.807) is 6.07 Å². The van der Waals surface area contributed by atoms with Crippen LogP contribution >= 0.6 is 0 Å². The van der Waals surface area contributed by atoms with Gasteiger partial charge in [0.15, 0.2) is 0 Å². The summed E-state index contributed by atoms with van der Waals surface area (Å²) in [6.07, 6.45) is 0.146. The fourth-order valence-corrected chi connectivity index (χ4v) is 1.78. The summed E-state index contributed by atoms with van der Waals surface area (Å²) in [6, 6.07) is 13.7. The largest absolute Gasteiger partial charge is 0.493 e. The van der Waals surface area contributed by atoms with E-state index in [4.69, 9.17) is 10.5 Å². The number of anilines is 1. The molecule has 0 bridgehead atoms. The second-order valence-electron chi connectivity index (χ2n) is 4.48. The van der Waals surface area contributed by atoms with Crippen LogP contribution in [0.1, 0.15) is 12.0 Å². The molecule has 0 unspecified atom stereocenters. The van der Waals surface area contributed by atoms with E-state index in [9.17, 15) is 9.18 Å². The van der Waals surface area contributed by atoms with E-state index in [1.165, 1.54) is 12.1 Å². The number of para-hydroxylation sites is 1. The van der Waals surface area contributed by atoms with Gasteiger partial charge in [-0.2, -0.15) is 0 Å². The minimum atomic E-state index is -0.490. The molecule has 0 aliphatic rings. The smallest absolute Gasteiger partial charge is 0.227 e. The molecule has 1 amide bonds. The molecule has 0 aliphatic carbocycles. The first-order chi connectivity index (χ1) is 10.2. The van der Waals surface area contributed by atoms with Crippen LogP contribution in [0.15, 0.2) is 48.5 Å². The van der Waals surface area contributed by atoms with E-state index in [0.717, 1.165) is 0 Å². The first kappa shape index (κ1) is 15.0. The number of amides is 1. The summed E-state index contributed by atoms with van der Waals surface area (Å²) in [5.74, 6) is -0.0932. The number of rotatable bonds is 6. The molecule has 0 atom stereocenters. The Hall–Kier alpha value is -2.40. The number of nitrogens with one attached hydrogen (secondary N) is 1. The number of hydrogen-bond acceptors (Lipinski definition) is 3. The third-order valence-electron chi connectivity index (χ3n) is 2.88. The number of carbonyl (C=O) groups is 1. The van der Waals surface area contributed by atoms with Gasteiger partial charge in [0.05, 0.1) is 18.7 Å². The third-order valence-corrected chi connectivity index (χ3v) is 2.88. The van der Waals surface area contributed by atoms with Crippen LogP contribution in [0, 0.1) is 5.82 Å². The average molecular weight is 288 g/mol. The van der Waals surface area contributed by atoms with Crippen molar-refractivity contribution in [2.24, 2.45) is 5.73 Å². The quantitative estimate of drug-likeness (QED) is 0.859. The monoisotopic (exact) mass is 288 g/mol. The molecule has 2 aromatic rings. The van der Waals surface area contributed by atoms with Crippen LogP contribution in [-0.4, -0.2) is 12.5 Å². The summed E-state index contributed by atoms with van der Waals surface area (Å²) in [4.78, 5) is 11.7. The summed E-state index contributed by atoms with van der Waals surface area (Å²) in [6.45, 7) is 0.494. The number of halogens is 1. The minimum absolute atomic E-state index is 0.146. The maximum atomic E-state index is 13.7. The Morgan fingerprint density at radius 2 is 1.95 bits per heavy atom. The zero-order chi connectivity index (χ0) is 15.1. The predicted molar refractivity (Wildman–Crippen MR) is 79.5 cm³/mol. The molecule has 5 heteroatoms. The zero-order valence-corrected chi connectivity index (χ0v) is 11.5. The number of nitrogens with two attached hydrogens (primary N) is 1. The molecule has 2 aromatic carbocycles. The Labute approximate surface area is 122 Å². The van der Waals surface area contributed by atoms with Gasteiger partial charge in [0.2, 0.25) is 5.91 Å². The van der Waals surface area contributed by atoms with Gasteiger partial charge in [0, 0.05) is 6.54 Å². The summed E-state index contributed by atoms with van der Waals surface area (Å²) in [7, 11) is 0. The molecule has 3 N–H and O–H groups in total. The number of ether oxygens (including phenoxy) is 1. The van der Waals surface area contributed by atoms with E-state index >= 15 is 0 Å². The summed E-state index contributed by atoms with van der Waals surface area (Å²) < 4.78 is 19.1. The molecule has 110 valence electrons. The maximum absolute atomic E-state index is 13.7. The number of benzene rings is 2. The van der Waals surface area contributed by atoms with Crippen LogP contribution in [0.4, 0.5) is 10.1 Å². The van der Waals surface area contributed by atoms with Gasteiger partial charge in [0.1, 0.15) is 11.6 Å². The molecular formula is C16H17FN2O2.